The Morgan fingerprint density at radius 3 is 2.87 bits per heavy atom. The minimum Gasteiger partial charge on any atom is -0.273 e. The first kappa shape index (κ1) is 9.32. The molecule has 1 aromatic heterocycles. The van der Waals surface area contributed by atoms with Gasteiger partial charge in [0.2, 0.25) is 5.91 Å². The molecule has 2 N–H and O–H groups in total. The van der Waals surface area contributed by atoms with Crippen molar-refractivity contribution in [2.45, 2.75) is 6.42 Å². The zero-order valence-corrected chi connectivity index (χ0v) is 7.77. The minimum atomic E-state index is -0.630. The Balaban J connectivity index is 2.42. The van der Waals surface area contributed by atoms with E-state index in [1.165, 1.54) is 0 Å². The van der Waals surface area contributed by atoms with E-state index in [2.05, 4.69) is 20.6 Å². The number of benzene rings is 1. The molecular weight excluding hydrogens is 194 g/mol. The van der Waals surface area contributed by atoms with Gasteiger partial charge in [-0.2, -0.15) is 0 Å². The summed E-state index contributed by atoms with van der Waals surface area (Å²) in [4.78, 5) is 10.7. The molecular formula is C9H8N5O. The summed E-state index contributed by atoms with van der Waals surface area (Å²) >= 11 is 0. The number of nitrogens with one attached hydrogen (secondary N) is 2. The van der Waals surface area contributed by atoms with Gasteiger partial charge in [0.25, 0.3) is 0 Å². The zero-order chi connectivity index (χ0) is 10.7. The number of carbonyl (C=O) groups is 1. The van der Waals surface area contributed by atoms with Gasteiger partial charge in [-0.25, -0.2) is 5.10 Å². The number of aromatic amines is 1. The monoisotopic (exact) mass is 202 g/mol. The second kappa shape index (κ2) is 3.87. The maximum atomic E-state index is 10.7. The average Bonchev–Trinajstić information content (AvgIpc) is 2.70. The van der Waals surface area contributed by atoms with E-state index in [4.69, 9.17) is 5.73 Å². The Labute approximate surface area is 85.5 Å². The molecule has 1 aromatic carbocycles. The molecule has 0 bridgehead atoms. The summed E-state index contributed by atoms with van der Waals surface area (Å²) in [6.45, 7) is 0. The van der Waals surface area contributed by atoms with E-state index < -0.39 is 5.91 Å². The van der Waals surface area contributed by atoms with Crippen LogP contribution in [0.25, 0.3) is 11.4 Å². The van der Waals surface area contributed by atoms with Crippen molar-refractivity contribution in [3.63, 3.8) is 0 Å². The molecule has 0 aliphatic rings. The Morgan fingerprint density at radius 1 is 1.40 bits per heavy atom. The first-order valence-electron chi connectivity index (χ1n) is 4.34. The molecule has 75 valence electrons. The van der Waals surface area contributed by atoms with Crippen molar-refractivity contribution in [3.8, 4) is 11.4 Å². The molecule has 0 fully saturated rings. The summed E-state index contributed by atoms with van der Waals surface area (Å²) in [5.74, 6) is -0.123. The highest BCUT2D eigenvalue weighted by atomic mass is 16.1. The van der Waals surface area contributed by atoms with E-state index in [-0.39, 0.29) is 6.42 Å². The Kier molecular flexibility index (Phi) is 2.40. The van der Waals surface area contributed by atoms with Crippen molar-refractivity contribution in [1.29, 1.82) is 0 Å². The fourth-order valence-corrected chi connectivity index (χ4v) is 1.35. The van der Waals surface area contributed by atoms with Crippen molar-refractivity contribution in [2.75, 3.05) is 0 Å². The summed E-state index contributed by atoms with van der Waals surface area (Å²) in [5.41, 5.74) is 8.44. The predicted molar refractivity (Wildman–Crippen MR) is 51.4 cm³/mol. The maximum Gasteiger partial charge on any atom is 0.242 e. The second-order valence-corrected chi connectivity index (χ2v) is 3.01. The second-order valence-electron chi connectivity index (χ2n) is 3.01. The standard InChI is InChI=1S/C9H8N5O/c10-8(15)5-6-3-1-2-4-7(6)9-11-13-14-12-9/h1-4,10H,5H2,(H,11,12,13,14). The Hall–Kier alpha value is -2.24. The van der Waals surface area contributed by atoms with E-state index in [1.54, 1.807) is 12.1 Å². The van der Waals surface area contributed by atoms with Gasteiger partial charge in [0.15, 0.2) is 5.82 Å². The number of aromatic nitrogens is 4. The average molecular weight is 202 g/mol. The van der Waals surface area contributed by atoms with E-state index in [1.807, 2.05) is 12.1 Å². The quantitative estimate of drug-likeness (QED) is 0.769. The molecule has 0 saturated carbocycles. The molecule has 0 unspecified atom stereocenters. The van der Waals surface area contributed by atoms with E-state index >= 15 is 0 Å². The molecule has 2 rings (SSSR count). The molecule has 0 spiro atoms. The van der Waals surface area contributed by atoms with Crippen LogP contribution in [-0.4, -0.2) is 26.5 Å². The van der Waals surface area contributed by atoms with E-state index in [0.29, 0.717) is 5.82 Å². The number of amides is 1. The number of nitrogens with zero attached hydrogens (tertiary/aromatic N) is 3. The summed E-state index contributed by atoms with van der Waals surface area (Å²) in [6, 6.07) is 7.23. The molecule has 0 atom stereocenters. The molecule has 0 saturated heterocycles. The van der Waals surface area contributed by atoms with Crippen LogP contribution >= 0.6 is 0 Å². The van der Waals surface area contributed by atoms with Crippen LogP contribution in [0.5, 0.6) is 0 Å². The Bertz CT molecular complexity index is 465. The largest absolute Gasteiger partial charge is 0.273 e. The van der Waals surface area contributed by atoms with Crippen LogP contribution in [0, 0.1) is 0 Å². The SMILES string of the molecule is [NH]C(=O)Cc1ccccc1-c1nnn[nH]1. The Morgan fingerprint density at radius 2 is 2.20 bits per heavy atom. The van der Waals surface area contributed by atoms with Gasteiger partial charge in [0.1, 0.15) is 0 Å². The van der Waals surface area contributed by atoms with Crippen LogP contribution < -0.4 is 5.73 Å². The highest BCUT2D eigenvalue weighted by Crippen LogP contribution is 2.19. The molecule has 0 aliphatic carbocycles. The van der Waals surface area contributed by atoms with Crippen LogP contribution in [0.2, 0.25) is 0 Å². The normalized spacial score (nSPS) is 10.1. The van der Waals surface area contributed by atoms with Crippen molar-refractivity contribution in [1.82, 2.24) is 26.4 Å². The zero-order valence-electron chi connectivity index (χ0n) is 7.77. The lowest BCUT2D eigenvalue weighted by Crippen LogP contribution is -2.04. The van der Waals surface area contributed by atoms with Gasteiger partial charge in [-0.3, -0.25) is 10.5 Å². The minimum absolute atomic E-state index is 0.0663. The first-order chi connectivity index (χ1) is 7.27. The highest BCUT2D eigenvalue weighted by molar-refractivity contribution is 5.78. The lowest BCUT2D eigenvalue weighted by Gasteiger charge is -2.02. The summed E-state index contributed by atoms with van der Waals surface area (Å²) in [7, 11) is 0. The maximum absolute atomic E-state index is 10.7. The summed E-state index contributed by atoms with van der Waals surface area (Å²) in [6.07, 6.45) is 0.0663. The molecule has 1 amide bonds. The van der Waals surface area contributed by atoms with Gasteiger partial charge in [0.05, 0.1) is 6.42 Å². The molecule has 2 aromatic rings. The van der Waals surface area contributed by atoms with Gasteiger partial charge in [-0.1, -0.05) is 24.3 Å². The number of carbonyl (C=O) groups excluding carboxylic acids is 1. The third kappa shape index (κ3) is 1.98. The lowest BCUT2D eigenvalue weighted by atomic mass is 10.0. The number of H-pyrrole nitrogens is 1. The summed E-state index contributed by atoms with van der Waals surface area (Å²) in [5, 5.41) is 13.3. The van der Waals surface area contributed by atoms with Crippen LogP contribution in [0.15, 0.2) is 24.3 Å². The van der Waals surface area contributed by atoms with Crippen LogP contribution in [-0.2, 0) is 11.2 Å². The fourth-order valence-electron chi connectivity index (χ4n) is 1.35. The fraction of sp³-hybridized carbons (Fsp3) is 0.111. The lowest BCUT2D eigenvalue weighted by molar-refractivity contribution is -0.118. The first-order valence-corrected chi connectivity index (χ1v) is 4.34. The number of hydrogen-bond donors (Lipinski definition) is 1. The highest BCUT2D eigenvalue weighted by Gasteiger charge is 2.09. The number of rotatable bonds is 3. The van der Waals surface area contributed by atoms with Gasteiger partial charge in [0, 0.05) is 5.56 Å². The molecule has 1 heterocycles. The molecule has 1 radical (unpaired) electrons. The van der Waals surface area contributed by atoms with Gasteiger partial charge < -0.3 is 0 Å². The molecule has 6 nitrogen and oxygen atoms in total. The number of hydrogen-bond acceptors (Lipinski definition) is 4. The molecule has 15 heavy (non-hydrogen) atoms. The third-order valence-electron chi connectivity index (χ3n) is 1.97. The van der Waals surface area contributed by atoms with Gasteiger partial charge in [-0.15, -0.1) is 5.10 Å². The van der Waals surface area contributed by atoms with E-state index in [9.17, 15) is 4.79 Å². The van der Waals surface area contributed by atoms with Crippen LogP contribution in [0.4, 0.5) is 0 Å². The van der Waals surface area contributed by atoms with Crippen molar-refractivity contribution in [3.05, 3.63) is 29.8 Å². The number of tetrazole rings is 1. The van der Waals surface area contributed by atoms with Crippen LogP contribution in [0.3, 0.4) is 0 Å². The molecule has 6 heteroatoms. The molecule has 0 aliphatic heterocycles. The predicted octanol–water partition coefficient (Wildman–Crippen LogP) is 0.219. The van der Waals surface area contributed by atoms with Crippen LogP contribution in [0.1, 0.15) is 5.56 Å². The van der Waals surface area contributed by atoms with Crippen molar-refractivity contribution < 1.29 is 4.79 Å². The van der Waals surface area contributed by atoms with E-state index in [0.717, 1.165) is 11.1 Å². The third-order valence-corrected chi connectivity index (χ3v) is 1.97. The van der Waals surface area contributed by atoms with Crippen molar-refractivity contribution >= 4 is 5.91 Å². The van der Waals surface area contributed by atoms with Crippen molar-refractivity contribution in [2.24, 2.45) is 0 Å². The summed E-state index contributed by atoms with van der Waals surface area (Å²) < 4.78 is 0. The topological polar surface area (TPSA) is 95.3 Å². The van der Waals surface area contributed by atoms with Gasteiger partial charge in [-0.05, 0) is 16.0 Å². The smallest absolute Gasteiger partial charge is 0.242 e. The van der Waals surface area contributed by atoms with Gasteiger partial charge >= 0.3 is 0 Å².